The summed E-state index contributed by atoms with van der Waals surface area (Å²) >= 11 is 8.21. The quantitative estimate of drug-likeness (QED) is 0.617. The highest BCUT2D eigenvalue weighted by molar-refractivity contribution is 14.1. The molecule has 0 saturated heterocycles. The maximum atomic E-state index is 10.3. The lowest BCUT2D eigenvalue weighted by molar-refractivity contribution is 0.207. The van der Waals surface area contributed by atoms with Crippen molar-refractivity contribution in [3.63, 3.8) is 0 Å². The van der Waals surface area contributed by atoms with Crippen molar-refractivity contribution in [2.45, 2.75) is 31.8 Å². The van der Waals surface area contributed by atoms with Crippen molar-refractivity contribution in [1.82, 2.24) is 0 Å². The Kier molecular flexibility index (Phi) is 4.27. The summed E-state index contributed by atoms with van der Waals surface area (Å²) in [6.07, 6.45) is 6.20. The minimum Gasteiger partial charge on any atom is -0.384 e. The van der Waals surface area contributed by atoms with E-state index >= 15 is 0 Å². The third kappa shape index (κ3) is 2.79. The van der Waals surface area contributed by atoms with Gasteiger partial charge in [-0.15, -0.1) is 0 Å². The molecule has 0 amide bonds. The topological polar surface area (TPSA) is 20.2 Å². The normalized spacial score (nSPS) is 18.1. The molecule has 0 bridgehead atoms. The summed E-state index contributed by atoms with van der Waals surface area (Å²) in [5.41, 5.74) is 2.08. The molecule has 1 nitrogen and oxygen atoms in total. The van der Waals surface area contributed by atoms with Crippen LogP contribution < -0.4 is 0 Å². The Labute approximate surface area is 115 Å². The minimum absolute atomic E-state index is 0.481. The van der Waals surface area contributed by atoms with Crippen molar-refractivity contribution in [3.8, 4) is 0 Å². The van der Waals surface area contributed by atoms with E-state index in [4.69, 9.17) is 11.6 Å². The van der Waals surface area contributed by atoms with Gasteiger partial charge in [-0.05, 0) is 77.6 Å². The SMILES string of the molecule is OC(C1=CCCCC1)c1cc(Cl)ccc1I. The first-order valence-electron chi connectivity index (χ1n) is 5.50. The van der Waals surface area contributed by atoms with Crippen molar-refractivity contribution in [1.29, 1.82) is 0 Å². The van der Waals surface area contributed by atoms with Crippen LogP contribution in [0.5, 0.6) is 0 Å². The molecule has 1 unspecified atom stereocenters. The molecule has 0 spiro atoms. The van der Waals surface area contributed by atoms with Crippen LogP contribution in [-0.2, 0) is 0 Å². The maximum Gasteiger partial charge on any atom is 0.101 e. The molecule has 0 saturated carbocycles. The molecule has 1 aromatic carbocycles. The molecule has 0 aromatic heterocycles. The van der Waals surface area contributed by atoms with Crippen LogP contribution >= 0.6 is 34.2 Å². The van der Waals surface area contributed by atoms with Gasteiger partial charge in [-0.3, -0.25) is 0 Å². The molecule has 0 fully saturated rings. The molecule has 2 rings (SSSR count). The number of benzene rings is 1. The van der Waals surface area contributed by atoms with Gasteiger partial charge in [-0.1, -0.05) is 17.7 Å². The summed E-state index contributed by atoms with van der Waals surface area (Å²) in [5.74, 6) is 0. The lowest BCUT2D eigenvalue weighted by Crippen LogP contribution is -2.06. The van der Waals surface area contributed by atoms with Crippen LogP contribution in [0.4, 0.5) is 0 Å². The van der Waals surface area contributed by atoms with Crippen LogP contribution in [0.25, 0.3) is 0 Å². The Balaban J connectivity index is 2.29. The van der Waals surface area contributed by atoms with Gasteiger partial charge < -0.3 is 5.11 Å². The number of aliphatic hydroxyl groups is 1. The van der Waals surface area contributed by atoms with E-state index in [2.05, 4.69) is 28.7 Å². The minimum atomic E-state index is -0.481. The molecule has 0 heterocycles. The van der Waals surface area contributed by atoms with E-state index in [1.54, 1.807) is 0 Å². The predicted molar refractivity (Wildman–Crippen MR) is 75.7 cm³/mol. The number of aliphatic hydroxyl groups excluding tert-OH is 1. The van der Waals surface area contributed by atoms with Crippen molar-refractivity contribution < 1.29 is 5.11 Å². The fourth-order valence-electron chi connectivity index (χ4n) is 2.04. The first kappa shape index (κ1) is 12.4. The highest BCUT2D eigenvalue weighted by Gasteiger charge is 2.17. The van der Waals surface area contributed by atoms with Crippen molar-refractivity contribution in [3.05, 3.63) is 44.0 Å². The first-order valence-corrected chi connectivity index (χ1v) is 6.96. The summed E-state index contributed by atoms with van der Waals surface area (Å²) in [6, 6.07) is 5.67. The van der Waals surface area contributed by atoms with E-state index in [0.717, 1.165) is 27.5 Å². The fourth-order valence-corrected chi connectivity index (χ4v) is 2.85. The highest BCUT2D eigenvalue weighted by atomic mass is 127. The monoisotopic (exact) mass is 348 g/mol. The van der Waals surface area contributed by atoms with Gasteiger partial charge in [-0.25, -0.2) is 0 Å². The standard InChI is InChI=1S/C13H14ClIO/c14-10-6-7-12(15)11(8-10)13(16)9-4-2-1-3-5-9/h4,6-8,13,16H,1-3,5H2. The molecule has 1 aliphatic rings. The fraction of sp³-hybridized carbons (Fsp3) is 0.385. The Morgan fingerprint density at radius 3 is 2.81 bits per heavy atom. The van der Waals surface area contributed by atoms with Gasteiger partial charge in [0.1, 0.15) is 6.10 Å². The number of hydrogen-bond acceptors (Lipinski definition) is 1. The second-order valence-electron chi connectivity index (χ2n) is 4.09. The molecule has 86 valence electrons. The van der Waals surface area contributed by atoms with Crippen LogP contribution in [-0.4, -0.2) is 5.11 Å². The van der Waals surface area contributed by atoms with Crippen LogP contribution in [0.2, 0.25) is 5.02 Å². The highest BCUT2D eigenvalue weighted by Crippen LogP contribution is 2.33. The molecular weight excluding hydrogens is 334 g/mol. The number of rotatable bonds is 2. The van der Waals surface area contributed by atoms with Gasteiger partial charge in [-0.2, -0.15) is 0 Å². The Morgan fingerprint density at radius 2 is 2.12 bits per heavy atom. The second-order valence-corrected chi connectivity index (χ2v) is 5.69. The van der Waals surface area contributed by atoms with Crippen molar-refractivity contribution in [2.75, 3.05) is 0 Å². The zero-order chi connectivity index (χ0) is 11.5. The molecule has 16 heavy (non-hydrogen) atoms. The Bertz CT molecular complexity index is 414. The van der Waals surface area contributed by atoms with Gasteiger partial charge in [0, 0.05) is 8.59 Å². The Morgan fingerprint density at radius 1 is 1.31 bits per heavy atom. The summed E-state index contributed by atoms with van der Waals surface area (Å²) in [5, 5.41) is 11.0. The van der Waals surface area contributed by atoms with Gasteiger partial charge >= 0.3 is 0 Å². The van der Waals surface area contributed by atoms with Crippen LogP contribution in [0.15, 0.2) is 29.8 Å². The van der Waals surface area contributed by atoms with Crippen LogP contribution in [0, 0.1) is 3.57 Å². The summed E-state index contributed by atoms with van der Waals surface area (Å²) in [4.78, 5) is 0. The molecule has 0 aliphatic heterocycles. The largest absolute Gasteiger partial charge is 0.384 e. The van der Waals surface area contributed by atoms with E-state index in [0.29, 0.717) is 5.02 Å². The first-order chi connectivity index (χ1) is 7.68. The third-order valence-electron chi connectivity index (χ3n) is 2.93. The van der Waals surface area contributed by atoms with Crippen molar-refractivity contribution >= 4 is 34.2 Å². The van der Waals surface area contributed by atoms with E-state index < -0.39 is 6.10 Å². The van der Waals surface area contributed by atoms with Gasteiger partial charge in [0.05, 0.1) is 0 Å². The molecule has 1 N–H and O–H groups in total. The Hall–Kier alpha value is -0.0600. The third-order valence-corrected chi connectivity index (χ3v) is 4.15. The summed E-state index contributed by atoms with van der Waals surface area (Å²) < 4.78 is 1.07. The van der Waals surface area contributed by atoms with E-state index in [1.165, 1.54) is 12.8 Å². The lowest BCUT2D eigenvalue weighted by Gasteiger charge is -2.20. The zero-order valence-corrected chi connectivity index (χ0v) is 11.8. The average molecular weight is 349 g/mol. The number of halogens is 2. The van der Waals surface area contributed by atoms with E-state index in [1.807, 2.05) is 18.2 Å². The average Bonchev–Trinajstić information content (AvgIpc) is 2.32. The lowest BCUT2D eigenvalue weighted by atomic mass is 9.92. The predicted octanol–water partition coefficient (Wildman–Crippen LogP) is 4.48. The summed E-state index contributed by atoms with van der Waals surface area (Å²) in [7, 11) is 0. The second kappa shape index (κ2) is 5.52. The van der Waals surface area contributed by atoms with Gasteiger partial charge in [0.25, 0.3) is 0 Å². The van der Waals surface area contributed by atoms with Gasteiger partial charge in [0.2, 0.25) is 0 Å². The number of hydrogen-bond donors (Lipinski definition) is 1. The smallest absolute Gasteiger partial charge is 0.101 e. The van der Waals surface area contributed by atoms with Crippen LogP contribution in [0.3, 0.4) is 0 Å². The molecule has 1 atom stereocenters. The maximum absolute atomic E-state index is 10.3. The molecular formula is C13H14ClIO. The van der Waals surface area contributed by atoms with Crippen LogP contribution in [0.1, 0.15) is 37.4 Å². The van der Waals surface area contributed by atoms with Crippen molar-refractivity contribution in [2.24, 2.45) is 0 Å². The zero-order valence-electron chi connectivity index (χ0n) is 8.92. The molecule has 0 radical (unpaired) electrons. The van der Waals surface area contributed by atoms with E-state index in [9.17, 15) is 5.11 Å². The molecule has 1 aliphatic carbocycles. The van der Waals surface area contributed by atoms with E-state index in [-0.39, 0.29) is 0 Å². The molecule has 3 heteroatoms. The molecule has 1 aromatic rings. The number of allylic oxidation sites excluding steroid dienone is 1. The summed E-state index contributed by atoms with van der Waals surface area (Å²) in [6.45, 7) is 0. The van der Waals surface area contributed by atoms with Gasteiger partial charge in [0.15, 0.2) is 0 Å².